The summed E-state index contributed by atoms with van der Waals surface area (Å²) < 4.78 is 1.33. The van der Waals surface area contributed by atoms with Crippen LogP contribution in [-0.4, -0.2) is 26.1 Å². The molecule has 0 radical (unpaired) electrons. The number of pyridine rings is 1. The Hall–Kier alpha value is -3.32. The molecule has 0 unspecified atom stereocenters. The molecule has 0 spiro atoms. The van der Waals surface area contributed by atoms with E-state index in [1.807, 2.05) is 51.1 Å². The molecular weight excluding hydrogens is 384 g/mol. The summed E-state index contributed by atoms with van der Waals surface area (Å²) >= 11 is 1.40. The average molecular weight is 404 g/mol. The van der Waals surface area contributed by atoms with Gasteiger partial charge in [-0.25, -0.2) is 9.56 Å². The van der Waals surface area contributed by atoms with Gasteiger partial charge in [0.15, 0.2) is 0 Å². The van der Waals surface area contributed by atoms with Crippen LogP contribution in [0.5, 0.6) is 5.88 Å². The lowest BCUT2D eigenvalue weighted by atomic mass is 10.1. The summed E-state index contributed by atoms with van der Waals surface area (Å²) in [4.78, 5) is 17.5. The summed E-state index contributed by atoms with van der Waals surface area (Å²) in [5.74, 6) is -0.152. The van der Waals surface area contributed by atoms with Crippen molar-refractivity contribution in [2.45, 2.75) is 27.2 Å². The first kappa shape index (κ1) is 19.0. The van der Waals surface area contributed by atoms with E-state index in [1.54, 1.807) is 18.3 Å². The lowest BCUT2D eigenvalue weighted by Gasteiger charge is -2.14. The Kier molecular flexibility index (Phi) is 4.98. The van der Waals surface area contributed by atoms with E-state index in [4.69, 9.17) is 0 Å². The maximum absolute atomic E-state index is 13.2. The Bertz CT molecular complexity index is 1300. The van der Waals surface area contributed by atoms with Crippen LogP contribution in [0, 0.1) is 13.8 Å². The maximum Gasteiger partial charge on any atom is 0.265 e. The van der Waals surface area contributed by atoms with Gasteiger partial charge in [-0.05, 0) is 49.6 Å². The third-order valence-corrected chi connectivity index (χ3v) is 5.89. The molecule has 2 aromatic carbocycles. The van der Waals surface area contributed by atoms with Gasteiger partial charge in [-0.1, -0.05) is 42.5 Å². The second-order valence-corrected chi connectivity index (χ2v) is 7.82. The van der Waals surface area contributed by atoms with Crippen molar-refractivity contribution in [1.29, 1.82) is 0 Å². The summed E-state index contributed by atoms with van der Waals surface area (Å²) in [7, 11) is 0. The summed E-state index contributed by atoms with van der Waals surface area (Å²) in [5, 5.41) is 21.7. The van der Waals surface area contributed by atoms with Gasteiger partial charge in [0.2, 0.25) is 11.0 Å². The van der Waals surface area contributed by atoms with Crippen molar-refractivity contribution in [3.63, 3.8) is 0 Å². The quantitative estimate of drug-likeness (QED) is 0.509. The van der Waals surface area contributed by atoms with E-state index in [9.17, 15) is 9.90 Å². The number of aromatic hydroxyl groups is 1. The Labute approximate surface area is 171 Å². The minimum absolute atomic E-state index is 0.152. The Morgan fingerprint density at radius 1 is 1.10 bits per heavy atom. The number of aryl methyl sites for hydroxylation is 3. The molecule has 146 valence electrons. The first-order valence-corrected chi connectivity index (χ1v) is 10.1. The molecule has 0 atom stereocenters. The van der Waals surface area contributed by atoms with Crippen LogP contribution in [0.3, 0.4) is 0 Å². The monoisotopic (exact) mass is 404 g/mol. The minimum Gasteiger partial charge on any atom is -0.494 e. The molecule has 4 aromatic rings. The molecular formula is C22H20N4O2S. The normalized spacial score (nSPS) is 11.6. The fourth-order valence-electron chi connectivity index (χ4n) is 3.15. The van der Waals surface area contributed by atoms with E-state index in [0.717, 1.165) is 22.6 Å². The zero-order chi connectivity index (χ0) is 20.5. The van der Waals surface area contributed by atoms with Gasteiger partial charge in [-0.15, -0.1) is 10.2 Å². The van der Waals surface area contributed by atoms with Gasteiger partial charge in [0.1, 0.15) is 5.01 Å². The van der Waals surface area contributed by atoms with Gasteiger partial charge in [0, 0.05) is 17.0 Å². The summed E-state index contributed by atoms with van der Waals surface area (Å²) in [6.07, 6.45) is 2.34. The van der Waals surface area contributed by atoms with E-state index in [0.29, 0.717) is 27.2 Å². The lowest BCUT2D eigenvalue weighted by molar-refractivity contribution is 0.436. The minimum atomic E-state index is -0.275. The van der Waals surface area contributed by atoms with Gasteiger partial charge >= 0.3 is 0 Å². The highest BCUT2D eigenvalue weighted by molar-refractivity contribution is 7.14. The average Bonchev–Trinajstić information content (AvgIpc) is 3.19. The maximum atomic E-state index is 13.2. The molecule has 0 amide bonds. The van der Waals surface area contributed by atoms with Crippen LogP contribution in [-0.2, 0) is 6.42 Å². The van der Waals surface area contributed by atoms with Crippen LogP contribution in [0.4, 0.5) is 5.13 Å². The molecule has 0 fully saturated rings. The topological polar surface area (TPSA) is 80.4 Å². The van der Waals surface area contributed by atoms with E-state index >= 15 is 0 Å². The predicted molar refractivity (Wildman–Crippen MR) is 117 cm³/mol. The molecule has 2 aromatic heterocycles. The van der Waals surface area contributed by atoms with Crippen LogP contribution in [0.15, 0.2) is 52.3 Å². The van der Waals surface area contributed by atoms with Crippen molar-refractivity contribution < 1.29 is 5.11 Å². The second kappa shape index (κ2) is 7.60. The smallest absolute Gasteiger partial charge is 0.265 e. The number of nitrogens with zero attached hydrogens (tertiary/aromatic N) is 4. The van der Waals surface area contributed by atoms with Crippen LogP contribution < -0.4 is 5.56 Å². The molecule has 0 aliphatic heterocycles. The van der Waals surface area contributed by atoms with E-state index in [1.165, 1.54) is 15.9 Å². The van der Waals surface area contributed by atoms with Crippen molar-refractivity contribution in [3.05, 3.63) is 74.5 Å². The molecule has 0 bridgehead atoms. The van der Waals surface area contributed by atoms with Crippen molar-refractivity contribution >= 4 is 33.5 Å². The second-order valence-electron chi connectivity index (χ2n) is 6.78. The Morgan fingerprint density at radius 3 is 2.55 bits per heavy atom. The number of aliphatic imine (C=N–C) groups is 1. The molecule has 7 heteroatoms. The van der Waals surface area contributed by atoms with Gasteiger partial charge in [-0.3, -0.25) is 4.79 Å². The standard InChI is InChI=1S/C22H20N4O2S/c1-4-19-24-25-22(29-19)23-12-18-16-7-5-6-8-17(16)20(27)26(21(18)28)15-10-9-13(2)14(3)11-15/h5-12,28H,4H2,1-3H3/b23-12+. The van der Waals surface area contributed by atoms with Crippen LogP contribution in [0.25, 0.3) is 16.5 Å². The Morgan fingerprint density at radius 2 is 1.86 bits per heavy atom. The van der Waals surface area contributed by atoms with E-state index in [-0.39, 0.29) is 11.4 Å². The first-order valence-electron chi connectivity index (χ1n) is 9.30. The number of benzene rings is 2. The number of fused-ring (bicyclic) bond motifs is 1. The summed E-state index contributed by atoms with van der Waals surface area (Å²) in [6, 6.07) is 12.9. The molecule has 1 N–H and O–H groups in total. The largest absolute Gasteiger partial charge is 0.494 e. The highest BCUT2D eigenvalue weighted by atomic mass is 32.1. The SMILES string of the molecule is CCc1nnc(/N=C/c2c(O)n(-c3ccc(C)c(C)c3)c(=O)c3ccccc23)s1. The van der Waals surface area contributed by atoms with Crippen molar-refractivity contribution in [2.24, 2.45) is 4.99 Å². The Balaban J connectivity index is 1.96. The number of hydrogen-bond acceptors (Lipinski definition) is 6. The van der Waals surface area contributed by atoms with E-state index in [2.05, 4.69) is 15.2 Å². The fourth-order valence-corrected chi connectivity index (χ4v) is 3.78. The predicted octanol–water partition coefficient (Wildman–Crippen LogP) is 4.48. The molecule has 2 heterocycles. The van der Waals surface area contributed by atoms with Crippen molar-refractivity contribution in [1.82, 2.24) is 14.8 Å². The lowest BCUT2D eigenvalue weighted by Crippen LogP contribution is -2.20. The highest BCUT2D eigenvalue weighted by Crippen LogP contribution is 2.28. The molecule has 29 heavy (non-hydrogen) atoms. The molecule has 6 nitrogen and oxygen atoms in total. The molecule has 0 saturated heterocycles. The first-order chi connectivity index (χ1) is 14.0. The van der Waals surface area contributed by atoms with Crippen LogP contribution in [0.2, 0.25) is 0 Å². The summed E-state index contributed by atoms with van der Waals surface area (Å²) in [5.41, 5.74) is 2.96. The van der Waals surface area contributed by atoms with Gasteiger partial charge in [0.05, 0.1) is 11.3 Å². The zero-order valence-corrected chi connectivity index (χ0v) is 17.2. The highest BCUT2D eigenvalue weighted by Gasteiger charge is 2.16. The number of aromatic nitrogens is 3. The number of rotatable bonds is 4. The van der Waals surface area contributed by atoms with E-state index < -0.39 is 0 Å². The van der Waals surface area contributed by atoms with Crippen molar-refractivity contribution in [2.75, 3.05) is 0 Å². The molecule has 0 aliphatic rings. The number of hydrogen-bond donors (Lipinski definition) is 1. The van der Waals surface area contributed by atoms with Crippen molar-refractivity contribution in [3.8, 4) is 11.6 Å². The molecule has 0 saturated carbocycles. The van der Waals surface area contributed by atoms with Gasteiger partial charge in [0.25, 0.3) is 5.56 Å². The van der Waals surface area contributed by atoms with Crippen LogP contribution >= 0.6 is 11.3 Å². The zero-order valence-electron chi connectivity index (χ0n) is 16.4. The van der Waals surface area contributed by atoms with Gasteiger partial charge in [-0.2, -0.15) is 0 Å². The fraction of sp³-hybridized carbons (Fsp3) is 0.182. The summed E-state index contributed by atoms with van der Waals surface area (Å²) in [6.45, 7) is 5.99. The molecule has 0 aliphatic carbocycles. The van der Waals surface area contributed by atoms with Gasteiger partial charge < -0.3 is 5.11 Å². The third-order valence-electron chi connectivity index (χ3n) is 4.91. The molecule has 4 rings (SSSR count). The third kappa shape index (κ3) is 3.45. The van der Waals surface area contributed by atoms with Crippen LogP contribution in [0.1, 0.15) is 28.6 Å².